The monoisotopic (exact) mass is 232 g/mol. The lowest BCUT2D eigenvalue weighted by Crippen LogP contribution is -2.28. The Morgan fingerprint density at radius 3 is 2.71 bits per heavy atom. The molecule has 1 rings (SSSR count). The van der Waals surface area contributed by atoms with Crippen LogP contribution in [0.5, 0.6) is 0 Å². The molecule has 0 amide bonds. The maximum absolute atomic E-state index is 5.65. The number of nitrogens with one attached hydrogen (secondary N) is 1. The fourth-order valence-corrected chi connectivity index (χ4v) is 1.38. The summed E-state index contributed by atoms with van der Waals surface area (Å²) in [5, 5.41) is 4.93. The second kappa shape index (κ2) is 7.52. The van der Waals surface area contributed by atoms with Gasteiger partial charge in [-0.25, -0.2) is 5.06 Å². The van der Waals surface area contributed by atoms with Crippen molar-refractivity contribution in [1.29, 1.82) is 0 Å². The van der Waals surface area contributed by atoms with Crippen LogP contribution in [0.15, 0.2) is 54.9 Å². The highest BCUT2D eigenvalue weighted by Gasteiger charge is 2.03. The zero-order valence-electron chi connectivity index (χ0n) is 10.5. The van der Waals surface area contributed by atoms with E-state index in [-0.39, 0.29) is 0 Å². The van der Waals surface area contributed by atoms with Crippen molar-refractivity contribution in [3.63, 3.8) is 0 Å². The van der Waals surface area contributed by atoms with Crippen LogP contribution in [0.25, 0.3) is 0 Å². The molecule has 0 heterocycles. The Hall–Kier alpha value is -1.74. The van der Waals surface area contributed by atoms with E-state index in [0.29, 0.717) is 6.61 Å². The topological polar surface area (TPSA) is 24.5 Å². The van der Waals surface area contributed by atoms with Gasteiger partial charge in [0.2, 0.25) is 0 Å². The van der Waals surface area contributed by atoms with Gasteiger partial charge in [0.05, 0.1) is 6.61 Å². The summed E-state index contributed by atoms with van der Waals surface area (Å²) in [5.74, 6) is 0.901. The Morgan fingerprint density at radius 2 is 2.12 bits per heavy atom. The minimum absolute atomic E-state index is 0.553. The Labute approximate surface area is 103 Å². The second-order valence-corrected chi connectivity index (χ2v) is 3.57. The molecular weight excluding hydrogens is 212 g/mol. The van der Waals surface area contributed by atoms with Crippen LogP contribution in [-0.4, -0.2) is 18.7 Å². The van der Waals surface area contributed by atoms with E-state index in [0.717, 1.165) is 17.9 Å². The quantitative estimate of drug-likeness (QED) is 0.578. The lowest BCUT2D eigenvalue weighted by atomic mass is 10.2. The number of benzene rings is 1. The van der Waals surface area contributed by atoms with Gasteiger partial charge in [0.25, 0.3) is 0 Å². The molecule has 17 heavy (non-hydrogen) atoms. The molecule has 0 bridgehead atoms. The fourth-order valence-electron chi connectivity index (χ4n) is 1.38. The van der Waals surface area contributed by atoms with Crippen molar-refractivity contribution in [1.82, 2.24) is 10.4 Å². The Bertz CT molecular complexity index is 360. The largest absolute Gasteiger partial charge is 0.370 e. The lowest BCUT2D eigenvalue weighted by Gasteiger charge is -2.22. The number of hydroxylamine groups is 2. The summed E-state index contributed by atoms with van der Waals surface area (Å²) >= 11 is 0. The van der Waals surface area contributed by atoms with Crippen molar-refractivity contribution in [2.75, 3.05) is 13.6 Å². The minimum Gasteiger partial charge on any atom is -0.370 e. The van der Waals surface area contributed by atoms with Gasteiger partial charge in [-0.2, -0.15) is 0 Å². The maximum Gasteiger partial charge on any atom is 0.126 e. The first-order valence-electron chi connectivity index (χ1n) is 5.75. The summed E-state index contributed by atoms with van der Waals surface area (Å²) in [7, 11) is 1.88. The Balaban J connectivity index is 2.50. The molecule has 1 N–H and O–H groups in total. The molecule has 3 heteroatoms. The van der Waals surface area contributed by atoms with Crippen LogP contribution in [0.4, 0.5) is 0 Å². The first kappa shape index (κ1) is 13.3. The molecule has 0 aliphatic carbocycles. The van der Waals surface area contributed by atoms with Gasteiger partial charge in [-0.15, -0.1) is 0 Å². The summed E-state index contributed by atoms with van der Waals surface area (Å²) in [4.78, 5) is 5.65. The first-order chi connectivity index (χ1) is 8.27. The molecule has 3 nitrogen and oxygen atoms in total. The highest BCUT2D eigenvalue weighted by molar-refractivity contribution is 5.13. The van der Waals surface area contributed by atoms with E-state index >= 15 is 0 Å². The predicted molar refractivity (Wildman–Crippen MR) is 71.0 cm³/mol. The van der Waals surface area contributed by atoms with Crippen LogP contribution in [0.3, 0.4) is 0 Å². The van der Waals surface area contributed by atoms with Crippen LogP contribution in [-0.2, 0) is 11.4 Å². The molecule has 0 unspecified atom stereocenters. The van der Waals surface area contributed by atoms with Crippen molar-refractivity contribution in [2.45, 2.75) is 13.5 Å². The van der Waals surface area contributed by atoms with E-state index in [1.165, 1.54) is 0 Å². The van der Waals surface area contributed by atoms with E-state index in [9.17, 15) is 0 Å². The second-order valence-electron chi connectivity index (χ2n) is 3.57. The molecule has 0 radical (unpaired) electrons. The SMILES string of the molecule is C=C/C=C(/NCC)N(C)OCc1ccccc1. The summed E-state index contributed by atoms with van der Waals surface area (Å²) in [5.41, 5.74) is 1.15. The van der Waals surface area contributed by atoms with Crippen LogP contribution in [0, 0.1) is 0 Å². The minimum atomic E-state index is 0.553. The maximum atomic E-state index is 5.65. The summed E-state index contributed by atoms with van der Waals surface area (Å²) in [6.45, 7) is 7.13. The number of nitrogens with zero attached hydrogens (tertiary/aromatic N) is 1. The van der Waals surface area contributed by atoms with Crippen LogP contribution in [0.1, 0.15) is 12.5 Å². The van der Waals surface area contributed by atoms with Gasteiger partial charge in [0.1, 0.15) is 5.82 Å². The third-order valence-electron chi connectivity index (χ3n) is 2.24. The lowest BCUT2D eigenvalue weighted by molar-refractivity contribution is -0.127. The zero-order valence-corrected chi connectivity index (χ0v) is 10.5. The molecule has 0 saturated heterocycles. The average Bonchev–Trinajstić information content (AvgIpc) is 2.37. The standard InChI is InChI=1S/C14H20N2O/c1-4-9-14(15-5-2)16(3)17-12-13-10-7-6-8-11-13/h4,6-11,15H,1,5,12H2,2-3H3/b14-9-. The van der Waals surface area contributed by atoms with Gasteiger partial charge in [0, 0.05) is 13.6 Å². The van der Waals surface area contributed by atoms with Crippen LogP contribution >= 0.6 is 0 Å². The Kier molecular flexibility index (Phi) is 5.89. The molecule has 0 aliphatic rings. The van der Waals surface area contributed by atoms with Gasteiger partial charge in [-0.1, -0.05) is 43.0 Å². The number of rotatable bonds is 7. The first-order valence-corrected chi connectivity index (χ1v) is 5.75. The summed E-state index contributed by atoms with van der Waals surface area (Å²) in [6, 6.07) is 10.1. The van der Waals surface area contributed by atoms with Gasteiger partial charge < -0.3 is 5.32 Å². The van der Waals surface area contributed by atoms with Crippen LogP contribution < -0.4 is 5.32 Å². The number of hydrogen-bond donors (Lipinski definition) is 1. The Morgan fingerprint density at radius 1 is 1.41 bits per heavy atom. The van der Waals surface area contributed by atoms with Gasteiger partial charge >= 0.3 is 0 Å². The van der Waals surface area contributed by atoms with Crippen molar-refractivity contribution in [3.05, 3.63) is 60.4 Å². The third kappa shape index (κ3) is 4.74. The summed E-state index contributed by atoms with van der Waals surface area (Å²) in [6.07, 6.45) is 3.62. The van der Waals surface area contributed by atoms with E-state index in [1.807, 2.05) is 50.4 Å². The molecule has 1 aromatic rings. The molecule has 0 spiro atoms. The normalized spacial score (nSPS) is 11.1. The highest BCUT2D eigenvalue weighted by atomic mass is 16.7. The van der Waals surface area contributed by atoms with Gasteiger partial charge in [-0.3, -0.25) is 4.84 Å². The molecular formula is C14H20N2O. The van der Waals surface area contributed by atoms with Gasteiger partial charge in [-0.05, 0) is 18.6 Å². The van der Waals surface area contributed by atoms with E-state index in [4.69, 9.17) is 4.84 Å². The zero-order chi connectivity index (χ0) is 12.5. The van der Waals surface area contributed by atoms with Crippen molar-refractivity contribution < 1.29 is 4.84 Å². The van der Waals surface area contributed by atoms with E-state index in [2.05, 4.69) is 11.9 Å². The molecule has 0 saturated carbocycles. The molecule has 92 valence electrons. The predicted octanol–water partition coefficient (Wildman–Crippen LogP) is 2.69. The number of hydrogen-bond acceptors (Lipinski definition) is 3. The molecule has 0 aliphatic heterocycles. The fraction of sp³-hybridized carbons (Fsp3) is 0.286. The van der Waals surface area contributed by atoms with Crippen molar-refractivity contribution >= 4 is 0 Å². The van der Waals surface area contributed by atoms with E-state index in [1.54, 1.807) is 11.1 Å². The number of allylic oxidation sites excluding steroid dienone is 2. The molecule has 1 aromatic carbocycles. The summed E-state index contributed by atoms with van der Waals surface area (Å²) < 4.78 is 0. The van der Waals surface area contributed by atoms with E-state index < -0.39 is 0 Å². The van der Waals surface area contributed by atoms with Crippen molar-refractivity contribution in [3.8, 4) is 0 Å². The third-order valence-corrected chi connectivity index (χ3v) is 2.24. The smallest absolute Gasteiger partial charge is 0.126 e. The van der Waals surface area contributed by atoms with Crippen molar-refractivity contribution in [2.24, 2.45) is 0 Å². The van der Waals surface area contributed by atoms with Crippen LogP contribution in [0.2, 0.25) is 0 Å². The molecule has 0 atom stereocenters. The average molecular weight is 232 g/mol. The van der Waals surface area contributed by atoms with Gasteiger partial charge in [0.15, 0.2) is 0 Å². The highest BCUT2D eigenvalue weighted by Crippen LogP contribution is 2.05. The molecule has 0 aromatic heterocycles. The molecule has 0 fully saturated rings.